The number of aromatic nitrogens is 1. The normalized spacial score (nSPS) is 9.68. The fraction of sp³-hybridized carbons (Fsp3) is 0. The molecule has 0 radical (unpaired) electrons. The van der Waals surface area contributed by atoms with Gasteiger partial charge >= 0.3 is 5.97 Å². The highest BCUT2D eigenvalue weighted by molar-refractivity contribution is 5.97. The summed E-state index contributed by atoms with van der Waals surface area (Å²) >= 11 is 0. The number of aromatic carboxylic acids is 1. The molecule has 0 bridgehead atoms. The average molecular weight is 257 g/mol. The zero-order valence-corrected chi connectivity index (χ0v) is 9.85. The van der Waals surface area contributed by atoms with Crippen molar-refractivity contribution in [2.45, 2.75) is 0 Å². The summed E-state index contributed by atoms with van der Waals surface area (Å²) in [5.74, 6) is -1.32. The summed E-state index contributed by atoms with van der Waals surface area (Å²) in [5.41, 5.74) is -0.0660. The molecule has 96 valence electrons. The molecule has 5 heteroatoms. The smallest absolute Gasteiger partial charge is 0.339 e. The lowest BCUT2D eigenvalue weighted by Crippen LogP contribution is -1.96. The van der Waals surface area contributed by atoms with Gasteiger partial charge in [-0.2, -0.15) is 0 Å². The SMILES string of the molecule is O=C(O)c1cc2ccccc2cc1O.c1cnoc1. The van der Waals surface area contributed by atoms with Gasteiger partial charge in [0.15, 0.2) is 0 Å². The number of nitrogens with zero attached hydrogens (tertiary/aromatic N) is 1. The maximum atomic E-state index is 10.7. The van der Waals surface area contributed by atoms with Crippen molar-refractivity contribution in [3.8, 4) is 5.75 Å². The Bertz CT molecular complexity index is 660. The minimum Gasteiger partial charge on any atom is -0.507 e. The van der Waals surface area contributed by atoms with Crippen LogP contribution in [0.3, 0.4) is 0 Å². The zero-order chi connectivity index (χ0) is 13.7. The summed E-state index contributed by atoms with van der Waals surface area (Å²) in [6, 6.07) is 11.9. The molecular formula is C14H11NO4. The minimum absolute atomic E-state index is 0.0660. The lowest BCUT2D eigenvalue weighted by Gasteiger charge is -2.02. The van der Waals surface area contributed by atoms with Crippen LogP contribution in [0.15, 0.2) is 59.4 Å². The predicted molar refractivity (Wildman–Crippen MR) is 69.1 cm³/mol. The van der Waals surface area contributed by atoms with Gasteiger partial charge in [0.1, 0.15) is 17.6 Å². The molecule has 5 nitrogen and oxygen atoms in total. The van der Waals surface area contributed by atoms with Crippen molar-refractivity contribution >= 4 is 16.7 Å². The Labute approximate surface area is 108 Å². The summed E-state index contributed by atoms with van der Waals surface area (Å²) in [7, 11) is 0. The van der Waals surface area contributed by atoms with Crippen LogP contribution in [0, 0.1) is 0 Å². The fourth-order valence-corrected chi connectivity index (χ4v) is 1.58. The second-order valence-corrected chi connectivity index (χ2v) is 3.71. The highest BCUT2D eigenvalue weighted by Crippen LogP contribution is 2.24. The van der Waals surface area contributed by atoms with Crippen LogP contribution in [-0.2, 0) is 0 Å². The molecule has 0 spiro atoms. The summed E-state index contributed by atoms with van der Waals surface area (Å²) < 4.78 is 4.33. The first-order valence-corrected chi connectivity index (χ1v) is 5.48. The molecule has 0 saturated heterocycles. The van der Waals surface area contributed by atoms with Gasteiger partial charge in [-0.1, -0.05) is 29.4 Å². The van der Waals surface area contributed by atoms with E-state index in [9.17, 15) is 9.90 Å². The van der Waals surface area contributed by atoms with Crippen LogP contribution >= 0.6 is 0 Å². The van der Waals surface area contributed by atoms with Crippen molar-refractivity contribution in [2.75, 3.05) is 0 Å². The molecule has 1 aromatic heterocycles. The summed E-state index contributed by atoms with van der Waals surface area (Å²) in [5, 5.41) is 23.1. The third-order valence-corrected chi connectivity index (χ3v) is 2.44. The molecule has 3 rings (SSSR count). The lowest BCUT2D eigenvalue weighted by atomic mass is 10.1. The van der Waals surface area contributed by atoms with E-state index in [1.807, 2.05) is 18.2 Å². The molecule has 2 aromatic carbocycles. The van der Waals surface area contributed by atoms with Crippen molar-refractivity contribution in [2.24, 2.45) is 0 Å². The van der Waals surface area contributed by atoms with E-state index in [4.69, 9.17) is 5.11 Å². The number of carboxylic acid groups (broad SMARTS) is 1. The lowest BCUT2D eigenvalue weighted by molar-refractivity contribution is 0.0694. The van der Waals surface area contributed by atoms with Gasteiger partial charge in [-0.3, -0.25) is 0 Å². The van der Waals surface area contributed by atoms with Gasteiger partial charge in [0, 0.05) is 0 Å². The number of aromatic hydroxyl groups is 1. The first kappa shape index (κ1) is 12.6. The Balaban J connectivity index is 0.000000224. The number of rotatable bonds is 1. The number of hydrogen-bond donors (Lipinski definition) is 2. The first-order chi connectivity index (χ1) is 9.18. The molecule has 19 heavy (non-hydrogen) atoms. The number of hydrogen-bond acceptors (Lipinski definition) is 4. The Kier molecular flexibility index (Phi) is 3.78. The number of fused-ring (bicyclic) bond motifs is 1. The van der Waals surface area contributed by atoms with Gasteiger partial charge in [-0.05, 0) is 29.0 Å². The summed E-state index contributed by atoms with van der Waals surface area (Å²) in [6.45, 7) is 0. The monoisotopic (exact) mass is 257 g/mol. The van der Waals surface area contributed by atoms with Crippen molar-refractivity contribution in [1.82, 2.24) is 5.16 Å². The second-order valence-electron chi connectivity index (χ2n) is 3.71. The van der Waals surface area contributed by atoms with Crippen LogP contribution in [0.4, 0.5) is 0 Å². The minimum atomic E-state index is -1.12. The van der Waals surface area contributed by atoms with E-state index in [-0.39, 0.29) is 11.3 Å². The van der Waals surface area contributed by atoms with E-state index in [0.717, 1.165) is 10.8 Å². The molecule has 0 saturated carbocycles. The quantitative estimate of drug-likeness (QED) is 0.700. The van der Waals surface area contributed by atoms with Crippen LogP contribution < -0.4 is 0 Å². The molecule has 2 N–H and O–H groups in total. The molecule has 0 aliphatic carbocycles. The molecule has 1 heterocycles. The largest absolute Gasteiger partial charge is 0.507 e. The predicted octanol–water partition coefficient (Wildman–Crippen LogP) is 2.92. The Morgan fingerprint density at radius 2 is 1.79 bits per heavy atom. The van der Waals surface area contributed by atoms with Crippen molar-refractivity contribution in [3.05, 3.63) is 60.5 Å². The van der Waals surface area contributed by atoms with Gasteiger partial charge in [-0.15, -0.1) is 0 Å². The summed E-state index contributed by atoms with van der Waals surface area (Å²) in [4.78, 5) is 10.7. The molecular weight excluding hydrogens is 246 g/mol. The molecule has 0 atom stereocenters. The van der Waals surface area contributed by atoms with E-state index in [0.29, 0.717) is 0 Å². The number of phenols is 1. The third-order valence-electron chi connectivity index (χ3n) is 2.44. The maximum absolute atomic E-state index is 10.7. The summed E-state index contributed by atoms with van der Waals surface area (Å²) in [6.07, 6.45) is 3.10. The Morgan fingerprint density at radius 3 is 2.26 bits per heavy atom. The average Bonchev–Trinajstić information content (AvgIpc) is 2.96. The topological polar surface area (TPSA) is 83.6 Å². The van der Waals surface area contributed by atoms with E-state index < -0.39 is 5.97 Å². The van der Waals surface area contributed by atoms with Crippen LogP contribution in [0.5, 0.6) is 5.75 Å². The van der Waals surface area contributed by atoms with Gasteiger partial charge in [0.2, 0.25) is 0 Å². The second kappa shape index (κ2) is 5.68. The van der Waals surface area contributed by atoms with Crippen LogP contribution in [0.1, 0.15) is 10.4 Å². The molecule has 0 aliphatic heterocycles. The third kappa shape index (κ3) is 3.10. The van der Waals surface area contributed by atoms with Crippen molar-refractivity contribution in [1.29, 1.82) is 0 Å². The van der Waals surface area contributed by atoms with Gasteiger partial charge in [-0.25, -0.2) is 4.79 Å². The van der Waals surface area contributed by atoms with E-state index in [1.54, 1.807) is 18.3 Å². The molecule has 0 aliphatic rings. The molecule has 0 unspecified atom stereocenters. The molecule has 0 amide bonds. The standard InChI is InChI=1S/C11H8O3.C3H3NO/c12-10-6-8-4-2-1-3-7(8)5-9(10)11(13)14;1-2-4-5-3-1/h1-6,12H,(H,13,14);1-3H. The number of benzene rings is 2. The molecule has 3 aromatic rings. The molecule has 0 fully saturated rings. The number of carboxylic acids is 1. The number of carbonyl (C=O) groups is 1. The van der Waals surface area contributed by atoms with Crippen LogP contribution in [0.25, 0.3) is 10.8 Å². The maximum Gasteiger partial charge on any atom is 0.339 e. The van der Waals surface area contributed by atoms with Gasteiger partial charge in [0.25, 0.3) is 0 Å². The Morgan fingerprint density at radius 1 is 1.11 bits per heavy atom. The van der Waals surface area contributed by atoms with Crippen LogP contribution in [0.2, 0.25) is 0 Å². The fourth-order valence-electron chi connectivity index (χ4n) is 1.58. The Hall–Kier alpha value is -2.82. The van der Waals surface area contributed by atoms with E-state index in [1.165, 1.54) is 18.4 Å². The first-order valence-electron chi connectivity index (χ1n) is 5.48. The zero-order valence-electron chi connectivity index (χ0n) is 9.85. The van der Waals surface area contributed by atoms with Gasteiger partial charge in [0.05, 0.1) is 6.20 Å². The highest BCUT2D eigenvalue weighted by Gasteiger charge is 2.09. The van der Waals surface area contributed by atoms with E-state index >= 15 is 0 Å². The van der Waals surface area contributed by atoms with Gasteiger partial charge < -0.3 is 14.7 Å². The van der Waals surface area contributed by atoms with E-state index in [2.05, 4.69) is 9.68 Å². The van der Waals surface area contributed by atoms with Crippen molar-refractivity contribution < 1.29 is 19.5 Å². The van der Waals surface area contributed by atoms with Crippen LogP contribution in [-0.4, -0.2) is 21.3 Å². The highest BCUT2D eigenvalue weighted by atomic mass is 16.5. The van der Waals surface area contributed by atoms with Crippen molar-refractivity contribution in [3.63, 3.8) is 0 Å².